The highest BCUT2D eigenvalue weighted by atomic mass is 79.9. The predicted octanol–water partition coefficient (Wildman–Crippen LogP) is 2.17. The zero-order chi connectivity index (χ0) is 15.4. The molecule has 1 aromatic rings. The first kappa shape index (κ1) is 16.0. The Kier molecular flexibility index (Phi) is 5.39. The standard InChI is InChI=1S/C14H20BrN3O3/c1-9-4-3-5-10(6-9)17-11-7-16-18(8-12(19)21-2)14(20)13(11)15/h7,9-10,17H,3-6,8H2,1-2H3. The van der Waals surface area contributed by atoms with Crippen molar-refractivity contribution in [1.82, 2.24) is 9.78 Å². The van der Waals surface area contributed by atoms with Crippen molar-refractivity contribution < 1.29 is 9.53 Å². The van der Waals surface area contributed by atoms with E-state index in [1.165, 1.54) is 20.0 Å². The number of anilines is 1. The van der Waals surface area contributed by atoms with Crippen LogP contribution in [0.3, 0.4) is 0 Å². The molecule has 1 fully saturated rings. The third-order valence-electron chi connectivity index (χ3n) is 3.79. The summed E-state index contributed by atoms with van der Waals surface area (Å²) in [5.74, 6) is 0.195. The highest BCUT2D eigenvalue weighted by molar-refractivity contribution is 9.10. The van der Waals surface area contributed by atoms with E-state index < -0.39 is 5.97 Å². The number of esters is 1. The number of hydrogen-bond donors (Lipinski definition) is 1. The van der Waals surface area contributed by atoms with Gasteiger partial charge in [0.25, 0.3) is 5.56 Å². The fourth-order valence-electron chi connectivity index (χ4n) is 2.65. The lowest BCUT2D eigenvalue weighted by molar-refractivity contribution is -0.141. The second kappa shape index (κ2) is 7.06. The minimum absolute atomic E-state index is 0.186. The van der Waals surface area contributed by atoms with Gasteiger partial charge < -0.3 is 10.1 Å². The van der Waals surface area contributed by atoms with E-state index in [9.17, 15) is 9.59 Å². The lowest BCUT2D eigenvalue weighted by atomic mass is 9.87. The summed E-state index contributed by atoms with van der Waals surface area (Å²) in [4.78, 5) is 23.4. The minimum Gasteiger partial charge on any atom is -0.468 e. The predicted molar refractivity (Wildman–Crippen MR) is 83.3 cm³/mol. The third-order valence-corrected chi connectivity index (χ3v) is 4.55. The molecule has 1 aliphatic rings. The van der Waals surface area contributed by atoms with Gasteiger partial charge in [-0.05, 0) is 34.7 Å². The summed E-state index contributed by atoms with van der Waals surface area (Å²) in [7, 11) is 1.28. The Labute approximate surface area is 132 Å². The van der Waals surface area contributed by atoms with Gasteiger partial charge in [0.15, 0.2) is 0 Å². The highest BCUT2D eigenvalue weighted by Gasteiger charge is 2.20. The van der Waals surface area contributed by atoms with Crippen molar-refractivity contribution in [3.8, 4) is 0 Å². The molecule has 21 heavy (non-hydrogen) atoms. The average Bonchev–Trinajstić information content (AvgIpc) is 2.47. The van der Waals surface area contributed by atoms with E-state index in [0.29, 0.717) is 22.1 Å². The van der Waals surface area contributed by atoms with E-state index in [1.54, 1.807) is 6.20 Å². The normalized spacial score (nSPS) is 21.9. The maximum atomic E-state index is 12.2. The van der Waals surface area contributed by atoms with Gasteiger partial charge in [-0.3, -0.25) is 9.59 Å². The first-order valence-electron chi connectivity index (χ1n) is 7.10. The zero-order valence-electron chi connectivity index (χ0n) is 12.3. The Morgan fingerprint density at radius 1 is 1.57 bits per heavy atom. The molecule has 6 nitrogen and oxygen atoms in total. The van der Waals surface area contributed by atoms with Crippen LogP contribution in [-0.2, 0) is 16.1 Å². The van der Waals surface area contributed by atoms with Crippen LogP contribution >= 0.6 is 15.9 Å². The van der Waals surface area contributed by atoms with Crippen molar-refractivity contribution in [3.05, 3.63) is 21.0 Å². The molecule has 116 valence electrons. The quantitative estimate of drug-likeness (QED) is 0.836. The molecular weight excluding hydrogens is 338 g/mol. The molecule has 0 spiro atoms. The molecule has 1 N–H and O–H groups in total. The Hall–Kier alpha value is -1.37. The zero-order valence-corrected chi connectivity index (χ0v) is 13.9. The average molecular weight is 358 g/mol. The summed E-state index contributed by atoms with van der Waals surface area (Å²) >= 11 is 3.30. The Morgan fingerprint density at radius 3 is 3.00 bits per heavy atom. The number of aromatic nitrogens is 2. The van der Waals surface area contributed by atoms with Gasteiger partial charge in [0, 0.05) is 6.04 Å². The number of hydrogen-bond acceptors (Lipinski definition) is 5. The van der Waals surface area contributed by atoms with E-state index >= 15 is 0 Å². The molecule has 1 heterocycles. The summed E-state index contributed by atoms with van der Waals surface area (Å²) in [5, 5.41) is 7.40. The molecule has 0 bridgehead atoms. The van der Waals surface area contributed by atoms with Gasteiger partial charge in [0.2, 0.25) is 0 Å². The first-order valence-corrected chi connectivity index (χ1v) is 7.89. The van der Waals surface area contributed by atoms with Crippen LogP contribution in [0.4, 0.5) is 5.69 Å². The van der Waals surface area contributed by atoms with E-state index in [1.807, 2.05) is 0 Å². The maximum Gasteiger partial charge on any atom is 0.327 e. The van der Waals surface area contributed by atoms with Crippen LogP contribution in [0.25, 0.3) is 0 Å². The lowest BCUT2D eigenvalue weighted by Gasteiger charge is -2.28. The SMILES string of the molecule is COC(=O)Cn1ncc(NC2CCCC(C)C2)c(Br)c1=O. The second-order valence-electron chi connectivity index (χ2n) is 5.52. The molecule has 0 aliphatic heterocycles. The molecule has 0 amide bonds. The Morgan fingerprint density at radius 2 is 2.33 bits per heavy atom. The number of ether oxygens (including phenoxy) is 1. The van der Waals surface area contributed by atoms with Crippen molar-refractivity contribution in [2.75, 3.05) is 12.4 Å². The first-order chi connectivity index (χ1) is 10.0. The van der Waals surface area contributed by atoms with Crippen LogP contribution in [0.15, 0.2) is 15.5 Å². The van der Waals surface area contributed by atoms with E-state index in [2.05, 4.69) is 38.0 Å². The minimum atomic E-state index is -0.502. The van der Waals surface area contributed by atoms with Crippen LogP contribution in [0.5, 0.6) is 0 Å². The summed E-state index contributed by atoms with van der Waals surface area (Å²) in [6.07, 6.45) is 6.23. The molecule has 2 atom stereocenters. The summed E-state index contributed by atoms with van der Waals surface area (Å²) in [5.41, 5.74) is 0.342. The van der Waals surface area contributed by atoms with Crippen LogP contribution in [0.1, 0.15) is 32.6 Å². The van der Waals surface area contributed by atoms with Crippen LogP contribution in [0, 0.1) is 5.92 Å². The number of rotatable bonds is 4. The number of nitrogens with one attached hydrogen (secondary N) is 1. The number of carbonyl (C=O) groups excluding carboxylic acids is 1. The monoisotopic (exact) mass is 357 g/mol. The number of methoxy groups -OCH3 is 1. The number of halogens is 1. The summed E-state index contributed by atoms with van der Waals surface area (Å²) < 4.78 is 6.03. The van der Waals surface area contributed by atoms with Crippen molar-refractivity contribution in [1.29, 1.82) is 0 Å². The maximum absolute atomic E-state index is 12.2. The largest absolute Gasteiger partial charge is 0.468 e. The molecule has 2 unspecified atom stereocenters. The van der Waals surface area contributed by atoms with Crippen LogP contribution in [0.2, 0.25) is 0 Å². The lowest BCUT2D eigenvalue weighted by Crippen LogP contribution is -2.31. The third kappa shape index (κ3) is 4.06. The van der Waals surface area contributed by atoms with Gasteiger partial charge in [0.05, 0.1) is 19.0 Å². The molecule has 0 saturated heterocycles. The molecule has 1 aliphatic carbocycles. The molecule has 1 aromatic heterocycles. The van der Waals surface area contributed by atoms with Crippen molar-refractivity contribution in [2.24, 2.45) is 5.92 Å². The van der Waals surface area contributed by atoms with Gasteiger partial charge in [0.1, 0.15) is 11.0 Å². The molecule has 1 saturated carbocycles. The van der Waals surface area contributed by atoms with E-state index in [0.717, 1.165) is 17.5 Å². The fourth-order valence-corrected chi connectivity index (χ4v) is 3.07. The van der Waals surface area contributed by atoms with E-state index in [4.69, 9.17) is 0 Å². The molecule has 0 aromatic carbocycles. The van der Waals surface area contributed by atoms with Crippen molar-refractivity contribution in [2.45, 2.75) is 45.2 Å². The van der Waals surface area contributed by atoms with Gasteiger partial charge in [-0.1, -0.05) is 19.8 Å². The number of nitrogens with zero attached hydrogens (tertiary/aromatic N) is 2. The molecule has 2 rings (SSSR count). The van der Waals surface area contributed by atoms with Crippen molar-refractivity contribution >= 4 is 27.6 Å². The molecule has 0 radical (unpaired) electrons. The topological polar surface area (TPSA) is 73.2 Å². The Bertz CT molecular complexity index is 573. The second-order valence-corrected chi connectivity index (χ2v) is 6.32. The van der Waals surface area contributed by atoms with Gasteiger partial charge in [-0.15, -0.1) is 0 Å². The fraction of sp³-hybridized carbons (Fsp3) is 0.643. The van der Waals surface area contributed by atoms with Gasteiger partial charge in [-0.25, -0.2) is 4.68 Å². The Balaban J connectivity index is 2.13. The molecule has 7 heteroatoms. The van der Waals surface area contributed by atoms with Gasteiger partial charge >= 0.3 is 5.97 Å². The van der Waals surface area contributed by atoms with Crippen LogP contribution < -0.4 is 10.9 Å². The molecular formula is C14H20BrN3O3. The van der Waals surface area contributed by atoms with Crippen LogP contribution in [-0.4, -0.2) is 28.9 Å². The van der Waals surface area contributed by atoms with E-state index in [-0.39, 0.29) is 12.1 Å². The summed E-state index contributed by atoms with van der Waals surface area (Å²) in [6, 6.07) is 0.364. The van der Waals surface area contributed by atoms with Crippen molar-refractivity contribution in [3.63, 3.8) is 0 Å². The smallest absolute Gasteiger partial charge is 0.327 e. The summed E-state index contributed by atoms with van der Waals surface area (Å²) in [6.45, 7) is 2.06. The number of carbonyl (C=O) groups is 1. The van der Waals surface area contributed by atoms with Gasteiger partial charge in [-0.2, -0.15) is 5.10 Å². The highest BCUT2D eigenvalue weighted by Crippen LogP contribution is 2.27.